The van der Waals surface area contributed by atoms with Crippen LogP contribution in [0.15, 0.2) is 66.7 Å². The molecule has 3 aromatic rings. The van der Waals surface area contributed by atoms with Crippen LogP contribution in [0.4, 0.5) is 10.1 Å². The summed E-state index contributed by atoms with van der Waals surface area (Å²) in [5.41, 5.74) is 2.41. The molecule has 0 unspecified atom stereocenters. The molecule has 0 aliphatic rings. The number of nitrogens with one attached hydrogen (secondary N) is 1. The molecule has 4 nitrogen and oxygen atoms in total. The van der Waals surface area contributed by atoms with Crippen molar-refractivity contribution in [1.29, 1.82) is 0 Å². The third kappa shape index (κ3) is 4.45. The Hall–Kier alpha value is -3.21. The first-order valence-corrected chi connectivity index (χ1v) is 8.22. The molecule has 134 valence electrons. The second-order valence-electron chi connectivity index (χ2n) is 5.77. The van der Waals surface area contributed by atoms with Gasteiger partial charge in [0.25, 0.3) is 0 Å². The van der Waals surface area contributed by atoms with Gasteiger partial charge in [0.2, 0.25) is 0 Å². The standard InChI is InChI=1S/C21H20FNO3/c1-25-21-12-15(13-23-17-7-9-18(24)10-8-17)6-11-20(21)26-14-16-4-2-3-5-19(16)22/h2-12,23-24H,13-14H2,1H3. The Kier molecular flexibility index (Phi) is 5.59. The summed E-state index contributed by atoms with van der Waals surface area (Å²) in [5, 5.41) is 12.6. The van der Waals surface area contributed by atoms with Crippen molar-refractivity contribution < 1.29 is 19.0 Å². The van der Waals surface area contributed by atoms with Crippen LogP contribution in [0, 0.1) is 5.82 Å². The Morgan fingerprint density at radius 2 is 1.73 bits per heavy atom. The van der Waals surface area contributed by atoms with Crippen LogP contribution >= 0.6 is 0 Å². The van der Waals surface area contributed by atoms with Crippen LogP contribution in [-0.4, -0.2) is 12.2 Å². The number of rotatable bonds is 7. The topological polar surface area (TPSA) is 50.7 Å². The molecular weight excluding hydrogens is 333 g/mol. The lowest BCUT2D eigenvalue weighted by Gasteiger charge is -2.13. The van der Waals surface area contributed by atoms with E-state index in [-0.39, 0.29) is 18.2 Å². The number of anilines is 1. The highest BCUT2D eigenvalue weighted by Gasteiger charge is 2.08. The van der Waals surface area contributed by atoms with E-state index < -0.39 is 0 Å². The van der Waals surface area contributed by atoms with E-state index in [0.717, 1.165) is 11.3 Å². The molecule has 0 fully saturated rings. The molecule has 3 rings (SSSR count). The van der Waals surface area contributed by atoms with Crippen molar-refractivity contribution in [3.8, 4) is 17.2 Å². The van der Waals surface area contributed by atoms with Gasteiger partial charge in [-0.05, 0) is 48.0 Å². The van der Waals surface area contributed by atoms with E-state index in [1.165, 1.54) is 6.07 Å². The van der Waals surface area contributed by atoms with Crippen LogP contribution in [-0.2, 0) is 13.2 Å². The van der Waals surface area contributed by atoms with Crippen LogP contribution in [0.2, 0.25) is 0 Å². The molecule has 0 spiro atoms. The van der Waals surface area contributed by atoms with Gasteiger partial charge in [0.05, 0.1) is 7.11 Å². The highest BCUT2D eigenvalue weighted by Crippen LogP contribution is 2.29. The van der Waals surface area contributed by atoms with Crippen molar-refractivity contribution in [2.75, 3.05) is 12.4 Å². The highest BCUT2D eigenvalue weighted by atomic mass is 19.1. The van der Waals surface area contributed by atoms with Crippen LogP contribution in [0.5, 0.6) is 17.2 Å². The van der Waals surface area contributed by atoms with E-state index in [1.807, 2.05) is 18.2 Å². The molecule has 3 aromatic carbocycles. The Bertz CT molecular complexity index is 865. The molecule has 0 aromatic heterocycles. The van der Waals surface area contributed by atoms with Crippen molar-refractivity contribution in [1.82, 2.24) is 0 Å². The Morgan fingerprint density at radius 1 is 0.962 bits per heavy atom. The highest BCUT2D eigenvalue weighted by molar-refractivity contribution is 5.48. The van der Waals surface area contributed by atoms with Gasteiger partial charge in [0.15, 0.2) is 11.5 Å². The molecule has 26 heavy (non-hydrogen) atoms. The van der Waals surface area contributed by atoms with Gasteiger partial charge in [-0.1, -0.05) is 24.3 Å². The second-order valence-corrected chi connectivity index (χ2v) is 5.77. The molecule has 0 amide bonds. The number of benzene rings is 3. The minimum atomic E-state index is -0.291. The number of methoxy groups -OCH3 is 1. The third-order valence-corrected chi connectivity index (χ3v) is 3.93. The van der Waals surface area contributed by atoms with Crippen LogP contribution < -0.4 is 14.8 Å². The van der Waals surface area contributed by atoms with Crippen molar-refractivity contribution in [2.24, 2.45) is 0 Å². The van der Waals surface area contributed by atoms with Crippen molar-refractivity contribution in [3.05, 3.63) is 83.7 Å². The first-order chi connectivity index (χ1) is 12.7. The number of ether oxygens (including phenoxy) is 2. The summed E-state index contributed by atoms with van der Waals surface area (Å²) in [6, 6.07) is 19.0. The molecule has 0 saturated carbocycles. The normalized spacial score (nSPS) is 10.4. The molecule has 0 aliphatic heterocycles. The van der Waals surface area contributed by atoms with Crippen LogP contribution in [0.25, 0.3) is 0 Å². The first-order valence-electron chi connectivity index (χ1n) is 8.22. The Morgan fingerprint density at radius 3 is 2.46 bits per heavy atom. The average molecular weight is 353 g/mol. The summed E-state index contributed by atoms with van der Waals surface area (Å²) in [5.74, 6) is 1.09. The number of halogens is 1. The maximum Gasteiger partial charge on any atom is 0.161 e. The zero-order chi connectivity index (χ0) is 18.4. The Balaban J connectivity index is 1.65. The van der Waals surface area contributed by atoms with E-state index >= 15 is 0 Å². The quantitative estimate of drug-likeness (QED) is 0.603. The lowest BCUT2D eigenvalue weighted by molar-refractivity contribution is 0.279. The minimum Gasteiger partial charge on any atom is -0.508 e. The first kappa shape index (κ1) is 17.6. The van der Waals surface area contributed by atoms with Crippen LogP contribution in [0.1, 0.15) is 11.1 Å². The molecule has 2 N–H and O–H groups in total. The minimum absolute atomic E-state index is 0.133. The fourth-order valence-corrected chi connectivity index (χ4v) is 2.50. The van der Waals surface area contributed by atoms with Crippen molar-refractivity contribution in [2.45, 2.75) is 13.2 Å². The molecule has 5 heteroatoms. The largest absolute Gasteiger partial charge is 0.508 e. The lowest BCUT2D eigenvalue weighted by atomic mass is 10.2. The van der Waals surface area contributed by atoms with E-state index in [1.54, 1.807) is 49.6 Å². The predicted molar refractivity (Wildman–Crippen MR) is 99.2 cm³/mol. The van der Waals surface area contributed by atoms with Gasteiger partial charge in [0, 0.05) is 17.8 Å². The summed E-state index contributed by atoms with van der Waals surface area (Å²) in [4.78, 5) is 0. The zero-order valence-electron chi connectivity index (χ0n) is 14.4. The molecular formula is C21H20FNO3. The summed E-state index contributed by atoms with van der Waals surface area (Å²) < 4.78 is 24.8. The maximum absolute atomic E-state index is 13.7. The number of hydrogen-bond acceptors (Lipinski definition) is 4. The number of phenols is 1. The van der Waals surface area contributed by atoms with Gasteiger partial charge in [0.1, 0.15) is 18.2 Å². The molecule has 0 saturated heterocycles. The maximum atomic E-state index is 13.7. The van der Waals surface area contributed by atoms with E-state index in [9.17, 15) is 9.50 Å². The molecule has 0 heterocycles. The van der Waals surface area contributed by atoms with Gasteiger partial charge in [-0.3, -0.25) is 0 Å². The molecule has 0 radical (unpaired) electrons. The summed E-state index contributed by atoms with van der Waals surface area (Å²) >= 11 is 0. The number of aromatic hydroxyl groups is 1. The molecule has 0 bridgehead atoms. The Labute approximate surface area is 151 Å². The van der Waals surface area contributed by atoms with Gasteiger partial charge >= 0.3 is 0 Å². The summed E-state index contributed by atoms with van der Waals surface area (Å²) in [6.07, 6.45) is 0. The van der Waals surface area contributed by atoms with E-state index in [2.05, 4.69) is 5.32 Å². The van der Waals surface area contributed by atoms with E-state index in [0.29, 0.717) is 23.6 Å². The zero-order valence-corrected chi connectivity index (χ0v) is 14.4. The van der Waals surface area contributed by atoms with Crippen molar-refractivity contribution >= 4 is 5.69 Å². The third-order valence-electron chi connectivity index (χ3n) is 3.93. The summed E-state index contributed by atoms with van der Waals surface area (Å²) in [7, 11) is 1.57. The number of phenolic OH excluding ortho intramolecular Hbond substituents is 1. The SMILES string of the molecule is COc1cc(CNc2ccc(O)cc2)ccc1OCc1ccccc1F. The monoisotopic (exact) mass is 353 g/mol. The lowest BCUT2D eigenvalue weighted by Crippen LogP contribution is -2.02. The van der Waals surface area contributed by atoms with Gasteiger partial charge in [-0.2, -0.15) is 0 Å². The molecule has 0 atom stereocenters. The fraction of sp³-hybridized carbons (Fsp3) is 0.143. The average Bonchev–Trinajstić information content (AvgIpc) is 2.67. The predicted octanol–water partition coefficient (Wildman–Crippen LogP) is 4.73. The smallest absolute Gasteiger partial charge is 0.161 e. The van der Waals surface area contributed by atoms with Gasteiger partial charge in [-0.15, -0.1) is 0 Å². The molecule has 0 aliphatic carbocycles. The van der Waals surface area contributed by atoms with Gasteiger partial charge in [-0.25, -0.2) is 4.39 Å². The van der Waals surface area contributed by atoms with E-state index in [4.69, 9.17) is 9.47 Å². The van der Waals surface area contributed by atoms with Gasteiger partial charge < -0.3 is 19.9 Å². The summed E-state index contributed by atoms with van der Waals surface area (Å²) in [6.45, 7) is 0.725. The second kappa shape index (κ2) is 8.25. The van der Waals surface area contributed by atoms with Crippen molar-refractivity contribution in [3.63, 3.8) is 0 Å². The fourth-order valence-electron chi connectivity index (χ4n) is 2.50. The number of hydrogen-bond donors (Lipinski definition) is 2. The van der Waals surface area contributed by atoms with Crippen LogP contribution in [0.3, 0.4) is 0 Å².